The minimum Gasteiger partial charge on any atom is -0.507 e. The summed E-state index contributed by atoms with van der Waals surface area (Å²) in [6.45, 7) is 5.94. The van der Waals surface area contributed by atoms with E-state index in [-0.39, 0.29) is 34.0 Å². The molecule has 0 saturated carbocycles. The highest BCUT2D eigenvalue weighted by atomic mass is 35.5. The van der Waals surface area contributed by atoms with Crippen LogP contribution in [0.3, 0.4) is 0 Å². The summed E-state index contributed by atoms with van der Waals surface area (Å²) in [5.74, 6) is -2.65. The summed E-state index contributed by atoms with van der Waals surface area (Å²) in [7, 11) is 1.38. The topological polar surface area (TPSA) is 133 Å². The van der Waals surface area contributed by atoms with Crippen LogP contribution in [0.5, 0.6) is 11.5 Å². The zero-order valence-corrected chi connectivity index (χ0v) is 20.3. The number of likely N-dealkylation sites (tertiary alicyclic amines) is 1. The number of amides is 1. The molecule has 2 aromatic carbocycles. The predicted octanol–water partition coefficient (Wildman–Crippen LogP) is 3.73. The third kappa shape index (κ3) is 5.08. The Balaban J connectivity index is 2.23. The minimum absolute atomic E-state index is 0.0972. The Labute approximate surface area is 207 Å². The van der Waals surface area contributed by atoms with E-state index >= 15 is 0 Å². The van der Waals surface area contributed by atoms with Crippen LogP contribution < -0.4 is 4.74 Å². The van der Waals surface area contributed by atoms with Crippen molar-refractivity contribution in [3.8, 4) is 11.5 Å². The smallest absolute Gasteiger partial charge is 0.311 e. The van der Waals surface area contributed by atoms with Gasteiger partial charge in [0.1, 0.15) is 11.5 Å². The molecule has 1 amide bonds. The van der Waals surface area contributed by atoms with Crippen LogP contribution in [0.1, 0.15) is 31.0 Å². The number of carbonyl (C=O) groups excluding carboxylic acids is 2. The van der Waals surface area contributed by atoms with Crippen molar-refractivity contribution in [2.75, 3.05) is 33.3 Å². The van der Waals surface area contributed by atoms with Crippen LogP contribution in [0.15, 0.2) is 42.0 Å². The lowest BCUT2D eigenvalue weighted by molar-refractivity contribution is -0.385. The lowest BCUT2D eigenvalue weighted by atomic mass is 9.94. The average Bonchev–Trinajstić information content (AvgIpc) is 3.09. The lowest BCUT2D eigenvalue weighted by Gasteiger charge is -2.28. The average molecular weight is 504 g/mol. The zero-order valence-electron chi connectivity index (χ0n) is 19.5. The summed E-state index contributed by atoms with van der Waals surface area (Å²) >= 11 is 6.10. The number of hydrogen-bond donors (Lipinski definition) is 2. The van der Waals surface area contributed by atoms with Gasteiger partial charge in [-0.3, -0.25) is 19.7 Å². The first-order chi connectivity index (χ1) is 16.6. The number of rotatable bonds is 9. The fraction of sp³-hybridized carbons (Fsp3) is 0.333. The molecule has 186 valence electrons. The lowest BCUT2D eigenvalue weighted by Crippen LogP contribution is -2.38. The fourth-order valence-corrected chi connectivity index (χ4v) is 4.29. The maximum absolute atomic E-state index is 13.2. The normalized spacial score (nSPS) is 17.3. The Kier molecular flexibility index (Phi) is 7.98. The van der Waals surface area contributed by atoms with Crippen molar-refractivity contribution in [2.45, 2.75) is 19.9 Å². The van der Waals surface area contributed by atoms with Crippen molar-refractivity contribution in [3.05, 3.63) is 68.2 Å². The summed E-state index contributed by atoms with van der Waals surface area (Å²) in [5.41, 5.74) is -0.553. The first-order valence-corrected chi connectivity index (χ1v) is 11.3. The number of halogens is 1. The van der Waals surface area contributed by atoms with Gasteiger partial charge in [0.25, 0.3) is 11.7 Å². The van der Waals surface area contributed by atoms with Crippen molar-refractivity contribution < 1.29 is 29.5 Å². The largest absolute Gasteiger partial charge is 0.507 e. The maximum atomic E-state index is 13.2. The zero-order chi connectivity index (χ0) is 25.9. The van der Waals surface area contributed by atoms with Crippen LogP contribution in [0.25, 0.3) is 5.76 Å². The Morgan fingerprint density at radius 1 is 1.20 bits per heavy atom. The van der Waals surface area contributed by atoms with Crippen LogP contribution in [-0.2, 0) is 9.59 Å². The molecule has 1 unspecified atom stereocenters. The summed E-state index contributed by atoms with van der Waals surface area (Å²) in [6, 6.07) is 6.92. The van der Waals surface area contributed by atoms with Gasteiger partial charge < -0.3 is 24.7 Å². The SMILES string of the molecule is CCN(CC)CCN1C(=O)C(=O)/C(=C(/O)c2cc(Cl)ccc2OC)C1c1ccc(O)c([N+](=O)[O-])c1. The second kappa shape index (κ2) is 10.7. The highest BCUT2D eigenvalue weighted by molar-refractivity contribution is 6.46. The number of nitrogens with zero attached hydrogens (tertiary/aromatic N) is 3. The van der Waals surface area contributed by atoms with E-state index in [0.29, 0.717) is 6.54 Å². The number of aromatic hydroxyl groups is 1. The van der Waals surface area contributed by atoms with Gasteiger partial charge >= 0.3 is 5.69 Å². The number of nitro groups is 1. The third-order valence-corrected chi connectivity index (χ3v) is 6.26. The van der Waals surface area contributed by atoms with Gasteiger partial charge in [-0.2, -0.15) is 0 Å². The van der Waals surface area contributed by atoms with Crippen LogP contribution >= 0.6 is 11.6 Å². The van der Waals surface area contributed by atoms with Gasteiger partial charge in [-0.1, -0.05) is 31.5 Å². The van der Waals surface area contributed by atoms with E-state index in [1.807, 2.05) is 13.8 Å². The van der Waals surface area contributed by atoms with Crippen molar-refractivity contribution in [3.63, 3.8) is 0 Å². The minimum atomic E-state index is -1.13. The summed E-state index contributed by atoms with van der Waals surface area (Å²) < 4.78 is 5.29. The van der Waals surface area contributed by atoms with E-state index in [1.54, 1.807) is 6.07 Å². The number of hydrogen-bond acceptors (Lipinski definition) is 8. The van der Waals surface area contributed by atoms with E-state index in [2.05, 4.69) is 4.90 Å². The Hall–Kier alpha value is -3.63. The number of nitro benzene ring substituents is 1. The molecule has 0 aliphatic carbocycles. The molecule has 1 aliphatic rings. The standard InChI is InChI=1S/C24H26ClN3O7/c1-4-26(5-2)10-11-27-21(14-6-8-18(29)17(12-14)28(33)34)20(23(31)24(27)32)22(30)16-13-15(25)7-9-19(16)35-3/h6-9,12-13,21,29-30H,4-5,10-11H2,1-3H3/b22-20+. The molecule has 1 saturated heterocycles. The van der Waals surface area contributed by atoms with Crippen LogP contribution in [0.4, 0.5) is 5.69 Å². The van der Waals surface area contributed by atoms with Crippen molar-refractivity contribution in [1.29, 1.82) is 0 Å². The second-order valence-electron chi connectivity index (χ2n) is 7.87. The Bertz CT molecular complexity index is 1190. The fourth-order valence-electron chi connectivity index (χ4n) is 4.11. The highest BCUT2D eigenvalue weighted by Gasteiger charge is 2.46. The van der Waals surface area contributed by atoms with Crippen molar-refractivity contribution >= 4 is 34.7 Å². The van der Waals surface area contributed by atoms with E-state index in [9.17, 15) is 29.9 Å². The molecule has 0 aromatic heterocycles. The number of Topliss-reactive ketones (excluding diaryl/α,β-unsaturated/α-hetero) is 1. The van der Waals surface area contributed by atoms with Crippen molar-refractivity contribution in [1.82, 2.24) is 9.80 Å². The molecule has 0 bridgehead atoms. The van der Waals surface area contributed by atoms with E-state index in [0.717, 1.165) is 25.2 Å². The van der Waals surface area contributed by atoms with Gasteiger partial charge in [0.15, 0.2) is 5.75 Å². The predicted molar refractivity (Wildman–Crippen MR) is 130 cm³/mol. The summed E-state index contributed by atoms with van der Waals surface area (Å²) in [5, 5.41) is 32.9. The Morgan fingerprint density at radius 2 is 1.89 bits per heavy atom. The molecule has 3 rings (SSSR count). The molecule has 2 N–H and O–H groups in total. The molecule has 1 fully saturated rings. The number of benzene rings is 2. The number of aliphatic hydroxyl groups excluding tert-OH is 1. The molecule has 1 atom stereocenters. The van der Waals surface area contributed by atoms with E-state index < -0.39 is 39.9 Å². The molecular weight excluding hydrogens is 478 g/mol. The van der Waals surface area contributed by atoms with Crippen LogP contribution in [0.2, 0.25) is 5.02 Å². The summed E-state index contributed by atoms with van der Waals surface area (Å²) in [4.78, 5) is 40.3. The molecule has 0 radical (unpaired) electrons. The first kappa shape index (κ1) is 26.0. The number of methoxy groups -OCH3 is 1. The third-order valence-electron chi connectivity index (χ3n) is 6.02. The van der Waals surface area contributed by atoms with Gasteiger partial charge in [0.2, 0.25) is 0 Å². The van der Waals surface area contributed by atoms with Gasteiger partial charge in [-0.05, 0) is 42.9 Å². The van der Waals surface area contributed by atoms with Gasteiger partial charge in [0.05, 0.1) is 29.2 Å². The molecule has 1 heterocycles. The molecule has 11 heteroatoms. The number of carbonyl (C=O) groups is 2. The monoisotopic (exact) mass is 503 g/mol. The van der Waals surface area contributed by atoms with Crippen LogP contribution in [0, 0.1) is 10.1 Å². The van der Waals surface area contributed by atoms with E-state index in [1.165, 1.54) is 30.2 Å². The number of aliphatic hydroxyl groups is 1. The molecule has 2 aromatic rings. The summed E-state index contributed by atoms with van der Waals surface area (Å²) in [6.07, 6.45) is 0. The second-order valence-corrected chi connectivity index (χ2v) is 8.31. The van der Waals surface area contributed by atoms with Gasteiger partial charge in [-0.15, -0.1) is 0 Å². The first-order valence-electron chi connectivity index (χ1n) is 11.0. The highest BCUT2D eigenvalue weighted by Crippen LogP contribution is 2.43. The molecule has 10 nitrogen and oxygen atoms in total. The van der Waals surface area contributed by atoms with Gasteiger partial charge in [-0.25, -0.2) is 0 Å². The van der Waals surface area contributed by atoms with Crippen molar-refractivity contribution in [2.24, 2.45) is 0 Å². The number of likely N-dealkylation sites (N-methyl/N-ethyl adjacent to an activating group) is 1. The van der Waals surface area contributed by atoms with Crippen LogP contribution in [-0.4, -0.2) is 69.9 Å². The number of phenols is 1. The molecule has 1 aliphatic heterocycles. The number of ether oxygens (including phenoxy) is 1. The Morgan fingerprint density at radius 3 is 2.49 bits per heavy atom. The molecule has 0 spiro atoms. The van der Waals surface area contributed by atoms with Gasteiger partial charge in [0, 0.05) is 24.2 Å². The number of phenolic OH excluding ortho intramolecular Hbond substituents is 1. The number of ketones is 1. The van der Waals surface area contributed by atoms with E-state index in [4.69, 9.17) is 16.3 Å². The molecular formula is C24H26ClN3O7. The molecule has 35 heavy (non-hydrogen) atoms. The quantitative estimate of drug-likeness (QED) is 0.174. The maximum Gasteiger partial charge on any atom is 0.311 e.